The molecular weight excluding hydrogens is 417 g/mol. The molecule has 0 heterocycles. The normalized spacial score (nSPS) is 18.7. The van der Waals surface area contributed by atoms with Crippen LogP contribution in [0.25, 0.3) is 22.3 Å². The minimum absolute atomic E-state index is 0.161. The molecule has 1 saturated carbocycles. The van der Waals surface area contributed by atoms with Crippen LogP contribution in [0.1, 0.15) is 63.0 Å². The van der Waals surface area contributed by atoms with Crippen molar-refractivity contribution in [3.8, 4) is 22.3 Å². The molecule has 0 saturated heterocycles. The van der Waals surface area contributed by atoms with Gasteiger partial charge in [-0.25, -0.2) is 13.2 Å². The van der Waals surface area contributed by atoms with Crippen LogP contribution in [0.2, 0.25) is 0 Å². The Hall–Kier alpha value is -2.81. The zero-order valence-corrected chi connectivity index (χ0v) is 19.4. The molecule has 1 fully saturated rings. The van der Waals surface area contributed by atoms with E-state index in [0.717, 1.165) is 48.8 Å². The summed E-state index contributed by atoms with van der Waals surface area (Å²) in [6.45, 7) is 3.99. The van der Waals surface area contributed by atoms with E-state index in [-0.39, 0.29) is 17.3 Å². The number of benzene rings is 3. The molecule has 0 amide bonds. The molecule has 0 unspecified atom stereocenters. The molecule has 0 aromatic heterocycles. The summed E-state index contributed by atoms with van der Waals surface area (Å²) in [6.07, 6.45) is 9.88. The fraction of sp³-hybridized carbons (Fsp3) is 0.333. The molecule has 0 bridgehead atoms. The van der Waals surface area contributed by atoms with Gasteiger partial charge in [0, 0.05) is 5.56 Å². The Morgan fingerprint density at radius 1 is 0.788 bits per heavy atom. The van der Waals surface area contributed by atoms with Gasteiger partial charge in [-0.1, -0.05) is 74.0 Å². The van der Waals surface area contributed by atoms with Gasteiger partial charge in [0.1, 0.15) is 5.82 Å². The molecule has 0 nitrogen and oxygen atoms in total. The van der Waals surface area contributed by atoms with Gasteiger partial charge in [0.2, 0.25) is 0 Å². The third-order valence-electron chi connectivity index (χ3n) is 6.89. The second-order valence-electron chi connectivity index (χ2n) is 9.10. The summed E-state index contributed by atoms with van der Waals surface area (Å²) >= 11 is 0. The molecule has 4 rings (SSSR count). The van der Waals surface area contributed by atoms with E-state index in [1.54, 1.807) is 30.3 Å². The minimum Gasteiger partial charge on any atom is -0.207 e. The highest BCUT2D eigenvalue weighted by molar-refractivity contribution is 5.71. The largest absolute Gasteiger partial charge is 0.207 e. The third-order valence-corrected chi connectivity index (χ3v) is 6.89. The second-order valence-corrected chi connectivity index (χ2v) is 9.10. The number of rotatable bonds is 6. The van der Waals surface area contributed by atoms with Crippen LogP contribution in [0.15, 0.2) is 66.7 Å². The van der Waals surface area contributed by atoms with Crippen LogP contribution in [0.5, 0.6) is 0 Å². The zero-order valence-electron chi connectivity index (χ0n) is 19.4. The highest BCUT2D eigenvalue weighted by atomic mass is 19.2. The lowest BCUT2D eigenvalue weighted by Crippen LogP contribution is -2.12. The van der Waals surface area contributed by atoms with E-state index in [1.807, 2.05) is 31.2 Å². The smallest absolute Gasteiger partial charge is 0.166 e. The average molecular weight is 449 g/mol. The first kappa shape index (κ1) is 23.4. The lowest BCUT2D eigenvalue weighted by atomic mass is 9.78. The molecule has 0 atom stereocenters. The number of aryl methyl sites for hydroxylation is 1. The van der Waals surface area contributed by atoms with E-state index in [9.17, 15) is 8.78 Å². The Bertz CT molecular complexity index is 1120. The topological polar surface area (TPSA) is 0 Å². The van der Waals surface area contributed by atoms with E-state index < -0.39 is 11.6 Å². The summed E-state index contributed by atoms with van der Waals surface area (Å²) in [5, 5.41) is 0. The molecule has 3 aromatic rings. The monoisotopic (exact) mass is 448 g/mol. The number of hydrogen-bond donors (Lipinski definition) is 0. The fourth-order valence-corrected chi connectivity index (χ4v) is 5.05. The Morgan fingerprint density at radius 3 is 2.09 bits per heavy atom. The Balaban J connectivity index is 1.52. The van der Waals surface area contributed by atoms with Crippen molar-refractivity contribution in [3.05, 3.63) is 95.3 Å². The molecule has 3 heteroatoms. The van der Waals surface area contributed by atoms with E-state index in [1.165, 1.54) is 0 Å². The molecule has 33 heavy (non-hydrogen) atoms. The van der Waals surface area contributed by atoms with Crippen molar-refractivity contribution in [2.45, 2.75) is 58.3 Å². The maximum absolute atomic E-state index is 15.0. The van der Waals surface area contributed by atoms with Crippen LogP contribution in [0.4, 0.5) is 13.2 Å². The summed E-state index contributed by atoms with van der Waals surface area (Å²) in [6, 6.07) is 16.0. The highest BCUT2D eigenvalue weighted by Gasteiger charge is 2.23. The van der Waals surface area contributed by atoms with Gasteiger partial charge in [0.25, 0.3) is 0 Å². The van der Waals surface area contributed by atoms with Crippen LogP contribution in [-0.2, 0) is 6.42 Å². The summed E-state index contributed by atoms with van der Waals surface area (Å²) in [5.74, 6) is -0.848. The molecular formula is C30H31F3. The first-order valence-electron chi connectivity index (χ1n) is 12.0. The Kier molecular flexibility index (Phi) is 7.37. The first-order chi connectivity index (χ1) is 16.0. The summed E-state index contributed by atoms with van der Waals surface area (Å²) in [7, 11) is 0. The van der Waals surface area contributed by atoms with Crippen LogP contribution in [0, 0.1) is 23.4 Å². The zero-order chi connectivity index (χ0) is 23.4. The van der Waals surface area contributed by atoms with Gasteiger partial charge < -0.3 is 0 Å². The van der Waals surface area contributed by atoms with Crippen molar-refractivity contribution >= 4 is 0 Å². The molecule has 0 aliphatic heterocycles. The molecule has 0 radical (unpaired) electrons. The number of hydrogen-bond acceptors (Lipinski definition) is 0. The summed E-state index contributed by atoms with van der Waals surface area (Å²) < 4.78 is 44.0. The van der Waals surface area contributed by atoms with Crippen LogP contribution in [-0.4, -0.2) is 0 Å². The van der Waals surface area contributed by atoms with Gasteiger partial charge in [0.05, 0.1) is 0 Å². The van der Waals surface area contributed by atoms with Crippen molar-refractivity contribution in [2.24, 2.45) is 5.92 Å². The van der Waals surface area contributed by atoms with Gasteiger partial charge in [-0.15, -0.1) is 0 Å². The van der Waals surface area contributed by atoms with Gasteiger partial charge in [-0.2, -0.15) is 0 Å². The highest BCUT2D eigenvalue weighted by Crippen LogP contribution is 2.38. The fourth-order valence-electron chi connectivity index (χ4n) is 5.05. The van der Waals surface area contributed by atoms with Crippen LogP contribution >= 0.6 is 0 Å². The molecule has 172 valence electrons. The standard InChI is InChI=1S/C30H31F3/c1-3-5-20-7-9-22(10-8-20)26-17-16-25(19-28(26)31)21-11-13-23(14-12-21)27-18-15-24(6-4-2)29(32)30(27)33/h3,5,11-20,22H,4,6-10H2,1-2H3. The molecule has 0 N–H and O–H groups in total. The predicted octanol–water partition coefficient (Wildman–Crippen LogP) is 9.24. The van der Waals surface area contributed by atoms with E-state index in [4.69, 9.17) is 0 Å². The van der Waals surface area contributed by atoms with Gasteiger partial charge in [0.15, 0.2) is 11.6 Å². The second kappa shape index (κ2) is 10.4. The number of halogens is 3. The minimum atomic E-state index is -0.812. The molecule has 0 spiro atoms. The Morgan fingerprint density at radius 2 is 1.45 bits per heavy atom. The lowest BCUT2D eigenvalue weighted by Gasteiger charge is -2.27. The lowest BCUT2D eigenvalue weighted by molar-refractivity contribution is 0.368. The molecule has 1 aliphatic carbocycles. The predicted molar refractivity (Wildman–Crippen MR) is 131 cm³/mol. The van der Waals surface area contributed by atoms with Gasteiger partial charge >= 0.3 is 0 Å². The summed E-state index contributed by atoms with van der Waals surface area (Å²) in [5.41, 5.74) is 3.70. The summed E-state index contributed by atoms with van der Waals surface area (Å²) in [4.78, 5) is 0. The van der Waals surface area contributed by atoms with E-state index >= 15 is 4.39 Å². The maximum Gasteiger partial charge on any atom is 0.166 e. The van der Waals surface area contributed by atoms with Crippen molar-refractivity contribution in [3.63, 3.8) is 0 Å². The van der Waals surface area contributed by atoms with Gasteiger partial charge in [-0.3, -0.25) is 0 Å². The van der Waals surface area contributed by atoms with Crippen LogP contribution in [0.3, 0.4) is 0 Å². The average Bonchev–Trinajstić information content (AvgIpc) is 2.83. The van der Waals surface area contributed by atoms with Crippen molar-refractivity contribution in [1.82, 2.24) is 0 Å². The SMILES string of the molecule is CC=CC1CCC(c2ccc(-c3ccc(-c4ccc(CCC)c(F)c4F)cc3)cc2F)CC1. The van der Waals surface area contributed by atoms with Crippen molar-refractivity contribution in [2.75, 3.05) is 0 Å². The van der Waals surface area contributed by atoms with Crippen molar-refractivity contribution < 1.29 is 13.2 Å². The third kappa shape index (κ3) is 5.08. The van der Waals surface area contributed by atoms with E-state index in [0.29, 0.717) is 23.5 Å². The molecule has 3 aromatic carbocycles. The Labute approximate surface area is 195 Å². The first-order valence-corrected chi connectivity index (χ1v) is 12.0. The van der Waals surface area contributed by atoms with Gasteiger partial charge in [-0.05, 0) is 84.7 Å². The van der Waals surface area contributed by atoms with E-state index in [2.05, 4.69) is 19.1 Å². The quantitative estimate of drug-likeness (QED) is 0.330. The maximum atomic E-state index is 15.0. The number of allylic oxidation sites excluding steroid dienone is 2. The van der Waals surface area contributed by atoms with Crippen LogP contribution < -0.4 is 0 Å². The molecule has 1 aliphatic rings. The van der Waals surface area contributed by atoms with Crippen molar-refractivity contribution in [1.29, 1.82) is 0 Å².